The molecule has 0 bridgehead atoms. The number of hydrogen-bond donors (Lipinski definition) is 3. The number of hydrogen-bond acceptors (Lipinski definition) is 5. The van der Waals surface area contributed by atoms with Crippen LogP contribution in [-0.4, -0.2) is 41.4 Å². The molecule has 3 aromatic rings. The average molecular weight is 384 g/mol. The van der Waals surface area contributed by atoms with Gasteiger partial charge in [0.05, 0.1) is 11.9 Å². The molecule has 0 saturated heterocycles. The first-order valence-corrected chi connectivity index (χ1v) is 9.32. The highest BCUT2D eigenvalue weighted by molar-refractivity contribution is 5.96. The molecule has 1 aliphatic rings. The molecule has 0 atom stereocenters. The van der Waals surface area contributed by atoms with Crippen LogP contribution < -0.4 is 10.9 Å². The molecule has 4 rings (SSSR count). The van der Waals surface area contributed by atoms with E-state index in [4.69, 9.17) is 0 Å². The summed E-state index contributed by atoms with van der Waals surface area (Å²) in [6.07, 6.45) is 3.45. The average Bonchev–Trinajstić information content (AvgIpc) is 3.12. The van der Waals surface area contributed by atoms with Gasteiger partial charge in [0.2, 0.25) is 5.88 Å². The predicted octanol–water partition coefficient (Wildman–Crippen LogP) is 1.84. The maximum Gasteiger partial charge on any atom is 0.270 e. The molecule has 0 aliphatic heterocycles. The minimum Gasteiger partial charge on any atom is -0.492 e. The predicted molar refractivity (Wildman–Crippen MR) is 103 cm³/mol. The lowest BCUT2D eigenvalue weighted by Crippen LogP contribution is -2.37. The van der Waals surface area contributed by atoms with Crippen molar-refractivity contribution < 1.29 is 9.90 Å². The Kier molecular flexibility index (Phi) is 4.06. The summed E-state index contributed by atoms with van der Waals surface area (Å²) < 4.78 is 2.76. The Morgan fingerprint density at radius 1 is 1.39 bits per heavy atom. The molecule has 148 valence electrons. The number of nitrogens with zero attached hydrogens (tertiary/aromatic N) is 4. The Balaban J connectivity index is 1.96. The van der Waals surface area contributed by atoms with Gasteiger partial charge >= 0.3 is 0 Å². The van der Waals surface area contributed by atoms with E-state index in [0.717, 1.165) is 18.4 Å². The smallest absolute Gasteiger partial charge is 0.270 e. The van der Waals surface area contributed by atoms with Crippen molar-refractivity contribution in [2.24, 2.45) is 5.41 Å². The number of aromatic nitrogens is 5. The zero-order valence-corrected chi connectivity index (χ0v) is 16.4. The summed E-state index contributed by atoms with van der Waals surface area (Å²) in [6.45, 7) is 8.26. The third kappa shape index (κ3) is 3.17. The Bertz CT molecular complexity index is 1130. The number of carbonyl (C=O) groups is 1. The summed E-state index contributed by atoms with van der Waals surface area (Å²) in [4.78, 5) is 25.8. The minimum atomic E-state index is -0.565. The number of nitrogens with one attached hydrogen (secondary N) is 2. The molecule has 3 aromatic heterocycles. The van der Waals surface area contributed by atoms with Crippen LogP contribution in [0.5, 0.6) is 5.88 Å². The summed E-state index contributed by atoms with van der Waals surface area (Å²) in [5.74, 6) is -1.02. The first kappa shape index (κ1) is 18.3. The van der Waals surface area contributed by atoms with Crippen molar-refractivity contribution in [3.63, 3.8) is 0 Å². The third-order valence-corrected chi connectivity index (χ3v) is 4.71. The maximum absolute atomic E-state index is 13.2. The van der Waals surface area contributed by atoms with Gasteiger partial charge in [-0.2, -0.15) is 14.7 Å². The Morgan fingerprint density at radius 3 is 2.68 bits per heavy atom. The van der Waals surface area contributed by atoms with Gasteiger partial charge < -0.3 is 10.4 Å². The summed E-state index contributed by atoms with van der Waals surface area (Å²) in [6, 6.07) is 1.79. The van der Waals surface area contributed by atoms with Crippen molar-refractivity contribution in [2.45, 2.75) is 53.1 Å². The van der Waals surface area contributed by atoms with Crippen LogP contribution in [0.3, 0.4) is 0 Å². The molecule has 9 heteroatoms. The molecule has 0 spiro atoms. The van der Waals surface area contributed by atoms with E-state index in [2.05, 4.69) is 20.6 Å². The number of amides is 1. The van der Waals surface area contributed by atoms with Crippen LogP contribution in [0.4, 0.5) is 0 Å². The zero-order chi connectivity index (χ0) is 20.2. The van der Waals surface area contributed by atoms with Crippen LogP contribution in [-0.2, 0) is 6.54 Å². The lowest BCUT2D eigenvalue weighted by molar-refractivity contribution is 0.0944. The monoisotopic (exact) mass is 384 g/mol. The molecule has 0 radical (unpaired) electrons. The van der Waals surface area contributed by atoms with Gasteiger partial charge in [-0.3, -0.25) is 19.3 Å². The van der Waals surface area contributed by atoms with E-state index in [1.165, 1.54) is 9.08 Å². The van der Waals surface area contributed by atoms with Crippen molar-refractivity contribution in [3.8, 4) is 17.3 Å². The molecule has 0 unspecified atom stereocenters. The van der Waals surface area contributed by atoms with Gasteiger partial charge in [0, 0.05) is 18.7 Å². The molecule has 1 saturated carbocycles. The quantitative estimate of drug-likeness (QED) is 0.634. The van der Waals surface area contributed by atoms with E-state index in [-0.39, 0.29) is 17.0 Å². The number of aromatic hydroxyl groups is 1. The fourth-order valence-electron chi connectivity index (χ4n) is 3.20. The van der Waals surface area contributed by atoms with E-state index in [0.29, 0.717) is 23.6 Å². The van der Waals surface area contributed by atoms with Crippen LogP contribution in [0.25, 0.3) is 17.0 Å². The molecular weight excluding hydrogens is 360 g/mol. The number of aromatic amines is 1. The van der Waals surface area contributed by atoms with E-state index in [1.54, 1.807) is 12.3 Å². The van der Waals surface area contributed by atoms with Gasteiger partial charge in [0.1, 0.15) is 11.3 Å². The second-order valence-electron chi connectivity index (χ2n) is 8.63. The van der Waals surface area contributed by atoms with Gasteiger partial charge in [-0.05, 0) is 30.7 Å². The SMILES string of the molecule is Cc1cn[nH]c1-c1cc2n(CC(C)(C)C)c(=O)c(C(=O)NC3CC3)c(O)n2n1. The van der Waals surface area contributed by atoms with Crippen molar-refractivity contribution in [1.29, 1.82) is 0 Å². The summed E-state index contributed by atoms with van der Waals surface area (Å²) in [7, 11) is 0. The van der Waals surface area contributed by atoms with Gasteiger partial charge in [0.15, 0.2) is 5.56 Å². The standard InChI is InChI=1S/C19H24N6O3/c1-10-8-20-22-15(10)12-7-13-24(9-19(2,3)4)17(27)14(18(28)25(13)23-12)16(26)21-11-5-6-11/h7-8,11,28H,5-6,9H2,1-4H3,(H,20,22)(H,21,26). The molecule has 3 N–H and O–H groups in total. The number of fused-ring (bicyclic) bond motifs is 1. The number of H-pyrrole nitrogens is 1. The Hall–Kier alpha value is -3.10. The van der Waals surface area contributed by atoms with Gasteiger partial charge in [-0.15, -0.1) is 0 Å². The van der Waals surface area contributed by atoms with Crippen molar-refractivity contribution in [3.05, 3.63) is 33.7 Å². The summed E-state index contributed by atoms with van der Waals surface area (Å²) in [5, 5.41) is 24.8. The lowest BCUT2D eigenvalue weighted by atomic mass is 9.97. The number of aryl methyl sites for hydroxylation is 1. The van der Waals surface area contributed by atoms with Crippen LogP contribution in [0, 0.1) is 12.3 Å². The lowest BCUT2D eigenvalue weighted by Gasteiger charge is -2.21. The number of carbonyl (C=O) groups excluding carboxylic acids is 1. The second-order valence-corrected chi connectivity index (χ2v) is 8.63. The van der Waals surface area contributed by atoms with Crippen LogP contribution in [0.15, 0.2) is 17.1 Å². The maximum atomic E-state index is 13.2. The van der Waals surface area contributed by atoms with Gasteiger partial charge in [-0.1, -0.05) is 20.8 Å². The van der Waals surface area contributed by atoms with Gasteiger partial charge in [-0.25, -0.2) is 0 Å². The normalized spacial score (nSPS) is 14.6. The van der Waals surface area contributed by atoms with Crippen molar-refractivity contribution in [1.82, 2.24) is 29.7 Å². The minimum absolute atomic E-state index is 0.0684. The molecular formula is C19H24N6O3. The van der Waals surface area contributed by atoms with E-state index >= 15 is 0 Å². The highest BCUT2D eigenvalue weighted by Crippen LogP contribution is 2.27. The van der Waals surface area contributed by atoms with Crippen molar-refractivity contribution >= 4 is 11.6 Å². The summed E-state index contributed by atoms with van der Waals surface area (Å²) >= 11 is 0. The van der Waals surface area contributed by atoms with E-state index < -0.39 is 17.3 Å². The molecule has 1 aliphatic carbocycles. The number of rotatable bonds is 4. The van der Waals surface area contributed by atoms with Crippen LogP contribution in [0.2, 0.25) is 0 Å². The fraction of sp³-hybridized carbons (Fsp3) is 0.474. The first-order valence-electron chi connectivity index (χ1n) is 9.32. The largest absolute Gasteiger partial charge is 0.492 e. The molecule has 28 heavy (non-hydrogen) atoms. The molecule has 1 fully saturated rings. The van der Waals surface area contributed by atoms with Gasteiger partial charge in [0.25, 0.3) is 11.5 Å². The second kappa shape index (κ2) is 6.22. The Labute approximate surface area is 161 Å². The zero-order valence-electron chi connectivity index (χ0n) is 16.4. The Morgan fingerprint density at radius 2 is 2.11 bits per heavy atom. The molecule has 1 amide bonds. The third-order valence-electron chi connectivity index (χ3n) is 4.71. The topological polar surface area (TPSA) is 117 Å². The van der Waals surface area contributed by atoms with E-state index in [1.807, 2.05) is 27.7 Å². The van der Waals surface area contributed by atoms with Crippen LogP contribution in [0.1, 0.15) is 49.5 Å². The van der Waals surface area contributed by atoms with Crippen LogP contribution >= 0.6 is 0 Å². The van der Waals surface area contributed by atoms with Crippen molar-refractivity contribution in [2.75, 3.05) is 0 Å². The highest BCUT2D eigenvalue weighted by Gasteiger charge is 2.30. The molecule has 0 aromatic carbocycles. The first-order chi connectivity index (χ1) is 13.2. The molecule has 9 nitrogen and oxygen atoms in total. The van der Waals surface area contributed by atoms with E-state index in [9.17, 15) is 14.7 Å². The summed E-state index contributed by atoms with van der Waals surface area (Å²) in [5.41, 5.74) is 1.52. The molecule has 3 heterocycles. The highest BCUT2D eigenvalue weighted by atomic mass is 16.3. The fourth-order valence-corrected chi connectivity index (χ4v) is 3.20.